The van der Waals surface area contributed by atoms with Gasteiger partial charge in [-0.3, -0.25) is 4.79 Å². The number of para-hydroxylation sites is 1. The Kier molecular flexibility index (Phi) is 5.19. The van der Waals surface area contributed by atoms with Crippen LogP contribution in [-0.4, -0.2) is 39.5 Å². The van der Waals surface area contributed by atoms with Crippen LogP contribution in [0.2, 0.25) is 0 Å². The Balaban J connectivity index is 1.57. The number of nitrogens with zero attached hydrogens (tertiary/aromatic N) is 6. The number of hydrogen-bond donors (Lipinski definition) is 1. The summed E-state index contributed by atoms with van der Waals surface area (Å²) in [6, 6.07) is 10.7. The van der Waals surface area contributed by atoms with Gasteiger partial charge in [0, 0.05) is 31.7 Å². The molecule has 1 amide bonds. The number of benzene rings is 2. The summed E-state index contributed by atoms with van der Waals surface area (Å²) in [6.45, 7) is 1.75. The molecule has 0 unspecified atom stereocenters. The Morgan fingerprint density at radius 2 is 1.74 bits per heavy atom. The van der Waals surface area contributed by atoms with E-state index in [1.807, 2.05) is 6.07 Å². The van der Waals surface area contributed by atoms with Gasteiger partial charge in [-0.25, -0.2) is 9.97 Å². The third-order valence-electron chi connectivity index (χ3n) is 5.74. The summed E-state index contributed by atoms with van der Waals surface area (Å²) in [7, 11) is 3.39. The maximum atomic E-state index is 13.6. The molecule has 1 aliphatic rings. The van der Waals surface area contributed by atoms with Crippen molar-refractivity contribution in [1.29, 1.82) is 0 Å². The number of aryl methyl sites for hydroxylation is 1. The molecule has 2 aromatic carbocycles. The van der Waals surface area contributed by atoms with Crippen molar-refractivity contribution in [2.75, 3.05) is 29.2 Å². The Bertz CT molecular complexity index is 1450. The molecule has 0 radical (unpaired) electrons. The predicted octanol–water partition coefficient (Wildman–Crippen LogP) is 5.09. The molecule has 5 rings (SSSR count). The van der Waals surface area contributed by atoms with Gasteiger partial charge in [0.1, 0.15) is 5.69 Å². The Labute approximate surface area is 198 Å². The molecule has 0 fully saturated rings. The van der Waals surface area contributed by atoms with E-state index in [1.54, 1.807) is 56.4 Å². The summed E-state index contributed by atoms with van der Waals surface area (Å²) in [6.07, 6.45) is 0.00650. The van der Waals surface area contributed by atoms with Gasteiger partial charge in [-0.1, -0.05) is 12.1 Å². The van der Waals surface area contributed by atoms with Crippen molar-refractivity contribution in [3.8, 4) is 5.69 Å². The SMILES string of the molecule is Cc1cn(-c2cc(Nc3ncc4c(n3)N(C)c3ccccc3C(=O)N4C)cc(C(F)(F)F)c2)cn1. The number of alkyl halides is 3. The van der Waals surface area contributed by atoms with Crippen molar-refractivity contribution in [2.45, 2.75) is 13.1 Å². The van der Waals surface area contributed by atoms with E-state index in [-0.39, 0.29) is 23.2 Å². The molecule has 2 aromatic heterocycles. The summed E-state index contributed by atoms with van der Waals surface area (Å²) in [5.74, 6) is 0.303. The molecule has 0 aliphatic carbocycles. The monoisotopic (exact) mass is 479 g/mol. The zero-order valence-electron chi connectivity index (χ0n) is 19.0. The molecule has 0 spiro atoms. The lowest BCUT2D eigenvalue weighted by atomic mass is 10.1. The molecular formula is C24H20F3N7O. The number of aromatic nitrogens is 4. The van der Waals surface area contributed by atoms with Gasteiger partial charge in [0.2, 0.25) is 5.95 Å². The van der Waals surface area contributed by atoms with Crippen LogP contribution in [0.4, 0.5) is 42.0 Å². The van der Waals surface area contributed by atoms with Gasteiger partial charge in [-0.2, -0.15) is 18.2 Å². The molecule has 4 aromatic rings. The first-order valence-electron chi connectivity index (χ1n) is 10.6. The van der Waals surface area contributed by atoms with Gasteiger partial charge in [-0.15, -0.1) is 0 Å². The smallest absolute Gasteiger partial charge is 0.327 e. The molecule has 3 heterocycles. The fraction of sp³-hybridized carbons (Fsp3) is 0.167. The van der Waals surface area contributed by atoms with E-state index in [1.165, 1.54) is 22.0 Å². The van der Waals surface area contributed by atoms with Crippen LogP contribution in [0.5, 0.6) is 0 Å². The number of rotatable bonds is 3. The average molecular weight is 479 g/mol. The van der Waals surface area contributed by atoms with Crippen molar-refractivity contribution < 1.29 is 18.0 Å². The maximum absolute atomic E-state index is 13.6. The van der Waals surface area contributed by atoms with Crippen LogP contribution in [-0.2, 0) is 6.18 Å². The number of anilines is 5. The number of halogens is 3. The van der Waals surface area contributed by atoms with Crippen LogP contribution < -0.4 is 15.1 Å². The lowest BCUT2D eigenvalue weighted by molar-refractivity contribution is -0.137. The molecule has 1 aliphatic heterocycles. The van der Waals surface area contributed by atoms with Gasteiger partial charge < -0.3 is 19.7 Å². The molecular weight excluding hydrogens is 459 g/mol. The number of fused-ring (bicyclic) bond motifs is 2. The summed E-state index contributed by atoms with van der Waals surface area (Å²) in [5.41, 5.74) is 1.92. The quantitative estimate of drug-likeness (QED) is 0.441. The summed E-state index contributed by atoms with van der Waals surface area (Å²) in [4.78, 5) is 29.0. The molecule has 0 saturated heterocycles. The topological polar surface area (TPSA) is 79.2 Å². The lowest BCUT2D eigenvalue weighted by Gasteiger charge is -2.21. The van der Waals surface area contributed by atoms with Gasteiger partial charge in [0.15, 0.2) is 5.82 Å². The summed E-state index contributed by atoms with van der Waals surface area (Å²) < 4.78 is 42.4. The molecule has 0 saturated carbocycles. The van der Waals surface area contributed by atoms with Gasteiger partial charge in [0.05, 0.1) is 35.0 Å². The van der Waals surface area contributed by atoms with E-state index in [4.69, 9.17) is 0 Å². The maximum Gasteiger partial charge on any atom is 0.416 e. The predicted molar refractivity (Wildman–Crippen MR) is 126 cm³/mol. The highest BCUT2D eigenvalue weighted by Crippen LogP contribution is 2.38. The van der Waals surface area contributed by atoms with E-state index < -0.39 is 11.7 Å². The highest BCUT2D eigenvalue weighted by atomic mass is 19.4. The first kappa shape index (κ1) is 22.4. The molecule has 0 bridgehead atoms. The first-order chi connectivity index (χ1) is 16.6. The zero-order chi connectivity index (χ0) is 24.9. The number of carbonyl (C=O) groups excluding carboxylic acids is 1. The minimum atomic E-state index is -4.55. The van der Waals surface area contributed by atoms with Crippen LogP contribution in [0, 0.1) is 6.92 Å². The number of amides is 1. The molecule has 178 valence electrons. The third-order valence-corrected chi connectivity index (χ3v) is 5.74. The fourth-order valence-electron chi connectivity index (χ4n) is 3.95. The minimum absolute atomic E-state index is 0.0860. The number of imidazole rings is 1. The molecule has 0 atom stereocenters. The normalized spacial score (nSPS) is 13.4. The third kappa shape index (κ3) is 4.05. The summed E-state index contributed by atoms with van der Waals surface area (Å²) >= 11 is 0. The Morgan fingerprint density at radius 1 is 0.971 bits per heavy atom. The molecule has 35 heavy (non-hydrogen) atoms. The Hall–Kier alpha value is -4.41. The van der Waals surface area contributed by atoms with Crippen molar-refractivity contribution in [3.05, 3.63) is 78.0 Å². The molecule has 8 nitrogen and oxygen atoms in total. The van der Waals surface area contributed by atoms with E-state index in [2.05, 4.69) is 20.3 Å². The van der Waals surface area contributed by atoms with Crippen LogP contribution in [0.3, 0.4) is 0 Å². The number of hydrogen-bond acceptors (Lipinski definition) is 6. The Morgan fingerprint density at radius 3 is 2.46 bits per heavy atom. The second-order valence-corrected chi connectivity index (χ2v) is 8.16. The number of carbonyl (C=O) groups is 1. The lowest BCUT2D eigenvalue weighted by Crippen LogP contribution is -2.25. The second-order valence-electron chi connectivity index (χ2n) is 8.16. The fourth-order valence-corrected chi connectivity index (χ4v) is 3.95. The van der Waals surface area contributed by atoms with Crippen molar-refractivity contribution >= 4 is 34.7 Å². The highest BCUT2D eigenvalue weighted by Gasteiger charge is 2.32. The van der Waals surface area contributed by atoms with Gasteiger partial charge >= 0.3 is 6.18 Å². The van der Waals surface area contributed by atoms with Crippen LogP contribution >= 0.6 is 0 Å². The van der Waals surface area contributed by atoms with E-state index >= 15 is 0 Å². The molecule has 11 heteroatoms. The second kappa shape index (κ2) is 8.12. The van der Waals surface area contributed by atoms with Crippen LogP contribution in [0.25, 0.3) is 5.69 Å². The zero-order valence-corrected chi connectivity index (χ0v) is 19.0. The van der Waals surface area contributed by atoms with Crippen molar-refractivity contribution in [2.24, 2.45) is 0 Å². The van der Waals surface area contributed by atoms with Gasteiger partial charge in [-0.05, 0) is 37.3 Å². The largest absolute Gasteiger partial charge is 0.416 e. The van der Waals surface area contributed by atoms with E-state index in [0.29, 0.717) is 28.5 Å². The van der Waals surface area contributed by atoms with Crippen LogP contribution in [0.1, 0.15) is 21.6 Å². The highest BCUT2D eigenvalue weighted by molar-refractivity contribution is 6.13. The minimum Gasteiger partial charge on any atom is -0.327 e. The van der Waals surface area contributed by atoms with E-state index in [9.17, 15) is 18.0 Å². The molecule has 1 N–H and O–H groups in total. The average Bonchev–Trinajstić information content (AvgIpc) is 3.25. The van der Waals surface area contributed by atoms with Gasteiger partial charge in [0.25, 0.3) is 5.91 Å². The summed E-state index contributed by atoms with van der Waals surface area (Å²) in [5, 5.41) is 2.89. The first-order valence-corrected chi connectivity index (χ1v) is 10.6. The van der Waals surface area contributed by atoms with Crippen molar-refractivity contribution in [1.82, 2.24) is 19.5 Å². The van der Waals surface area contributed by atoms with Crippen LogP contribution in [0.15, 0.2) is 61.2 Å². The van der Waals surface area contributed by atoms with Crippen molar-refractivity contribution in [3.63, 3.8) is 0 Å². The van der Waals surface area contributed by atoms with E-state index in [0.717, 1.165) is 12.1 Å². The standard InChI is InChI=1S/C24H20F3N7O/c1-14-12-34(13-29-14)17-9-15(24(25,26)27)8-16(10-17)30-23-28-11-20-21(31-23)32(2)19-7-5-4-6-18(19)22(35)33(20)3/h4-13H,1-3H3,(H,28,30,31). The number of nitrogens with one attached hydrogen (secondary N) is 1.